The van der Waals surface area contributed by atoms with Gasteiger partial charge in [-0.25, -0.2) is 0 Å². The summed E-state index contributed by atoms with van der Waals surface area (Å²) in [5.41, 5.74) is 3.41. The number of H-pyrrole nitrogens is 1. The van der Waals surface area contributed by atoms with Crippen molar-refractivity contribution in [3.8, 4) is 0 Å². The number of nitrogens with one attached hydrogen (secondary N) is 2. The molecule has 1 aliphatic rings. The van der Waals surface area contributed by atoms with E-state index in [1.54, 1.807) is 0 Å². The van der Waals surface area contributed by atoms with E-state index in [2.05, 4.69) is 15.5 Å². The van der Waals surface area contributed by atoms with Gasteiger partial charge in [-0.1, -0.05) is 6.42 Å². The van der Waals surface area contributed by atoms with Gasteiger partial charge < -0.3 is 10.2 Å². The molecule has 0 radical (unpaired) electrons. The largest absolute Gasteiger partial charge is 0.341 e. The zero-order valence-corrected chi connectivity index (χ0v) is 12.0. The average Bonchev–Trinajstić information content (AvgIpc) is 2.60. The lowest BCUT2D eigenvalue weighted by Gasteiger charge is -2.20. The second-order valence-corrected chi connectivity index (χ2v) is 5.28. The summed E-state index contributed by atoms with van der Waals surface area (Å²) in [5.74, 6) is 0.315. The first-order valence-corrected chi connectivity index (χ1v) is 7.17. The standard InChI is InChI=1S/C14H24N4O/c1-11-13(12(2)17-16-11)10-15-7-9-18-8-5-3-4-6-14(18)19/h15H,3-10H2,1-2H3,(H,16,17). The first-order valence-electron chi connectivity index (χ1n) is 7.17. The lowest BCUT2D eigenvalue weighted by atomic mass is 10.2. The maximum absolute atomic E-state index is 11.8. The summed E-state index contributed by atoms with van der Waals surface area (Å²) in [6.07, 6.45) is 4.10. The Morgan fingerprint density at radius 2 is 2.16 bits per heavy atom. The Labute approximate surface area is 114 Å². The Balaban J connectivity index is 1.73. The predicted molar refractivity (Wildman–Crippen MR) is 74.8 cm³/mol. The maximum Gasteiger partial charge on any atom is 0.222 e. The van der Waals surface area contributed by atoms with Gasteiger partial charge in [-0.3, -0.25) is 9.89 Å². The van der Waals surface area contributed by atoms with Crippen LogP contribution in [0.4, 0.5) is 0 Å². The van der Waals surface area contributed by atoms with Gasteiger partial charge in [0.1, 0.15) is 0 Å². The van der Waals surface area contributed by atoms with Crippen molar-refractivity contribution < 1.29 is 4.79 Å². The lowest BCUT2D eigenvalue weighted by Crippen LogP contribution is -2.36. The van der Waals surface area contributed by atoms with E-state index in [9.17, 15) is 4.79 Å². The molecule has 0 aliphatic carbocycles. The van der Waals surface area contributed by atoms with Gasteiger partial charge >= 0.3 is 0 Å². The topological polar surface area (TPSA) is 61.0 Å². The second kappa shape index (κ2) is 6.70. The van der Waals surface area contributed by atoms with Crippen molar-refractivity contribution in [1.82, 2.24) is 20.4 Å². The third-order valence-electron chi connectivity index (χ3n) is 3.81. The fourth-order valence-electron chi connectivity index (χ4n) is 2.54. The summed E-state index contributed by atoms with van der Waals surface area (Å²) in [4.78, 5) is 13.8. The molecule has 5 nitrogen and oxygen atoms in total. The molecular formula is C14H24N4O. The zero-order chi connectivity index (χ0) is 13.7. The molecule has 0 unspecified atom stereocenters. The molecule has 0 atom stereocenters. The van der Waals surface area contributed by atoms with Crippen LogP contribution in [0.2, 0.25) is 0 Å². The minimum atomic E-state index is 0.315. The van der Waals surface area contributed by atoms with E-state index >= 15 is 0 Å². The van der Waals surface area contributed by atoms with E-state index in [-0.39, 0.29) is 0 Å². The fourth-order valence-corrected chi connectivity index (χ4v) is 2.54. The highest BCUT2D eigenvalue weighted by molar-refractivity contribution is 5.76. The van der Waals surface area contributed by atoms with Gasteiger partial charge in [-0.15, -0.1) is 0 Å². The Morgan fingerprint density at radius 1 is 1.32 bits per heavy atom. The molecule has 106 valence electrons. The molecule has 1 aromatic rings. The van der Waals surface area contributed by atoms with Crippen molar-refractivity contribution in [2.45, 2.75) is 46.1 Å². The smallest absolute Gasteiger partial charge is 0.222 e. The quantitative estimate of drug-likeness (QED) is 0.793. The highest BCUT2D eigenvalue weighted by Crippen LogP contribution is 2.11. The highest BCUT2D eigenvalue weighted by atomic mass is 16.2. The third kappa shape index (κ3) is 3.80. The molecule has 2 heterocycles. The normalized spacial score (nSPS) is 16.7. The first kappa shape index (κ1) is 14.1. The van der Waals surface area contributed by atoms with Crippen LogP contribution in [0.3, 0.4) is 0 Å². The number of hydrogen-bond acceptors (Lipinski definition) is 3. The number of hydrogen-bond donors (Lipinski definition) is 2. The monoisotopic (exact) mass is 264 g/mol. The maximum atomic E-state index is 11.8. The lowest BCUT2D eigenvalue weighted by molar-refractivity contribution is -0.130. The van der Waals surface area contributed by atoms with Gasteiger partial charge in [-0.05, 0) is 26.7 Å². The molecule has 0 aromatic carbocycles. The Bertz CT molecular complexity index is 408. The summed E-state index contributed by atoms with van der Waals surface area (Å²) in [6.45, 7) is 7.44. The molecule has 1 aromatic heterocycles. The second-order valence-electron chi connectivity index (χ2n) is 5.28. The number of carbonyl (C=O) groups is 1. The Morgan fingerprint density at radius 3 is 2.89 bits per heavy atom. The molecule has 1 amide bonds. The molecule has 5 heteroatoms. The van der Waals surface area contributed by atoms with Crippen LogP contribution >= 0.6 is 0 Å². The van der Waals surface area contributed by atoms with Crippen molar-refractivity contribution in [3.05, 3.63) is 17.0 Å². The molecular weight excluding hydrogens is 240 g/mol. The number of amides is 1. The molecule has 19 heavy (non-hydrogen) atoms. The van der Waals surface area contributed by atoms with Crippen LogP contribution in [0.1, 0.15) is 42.6 Å². The van der Waals surface area contributed by atoms with Crippen LogP contribution in [0.25, 0.3) is 0 Å². The van der Waals surface area contributed by atoms with Gasteiger partial charge in [0.2, 0.25) is 5.91 Å². The number of aromatic amines is 1. The van der Waals surface area contributed by atoms with E-state index in [1.165, 1.54) is 12.0 Å². The molecule has 2 N–H and O–H groups in total. The van der Waals surface area contributed by atoms with Crippen LogP contribution in [-0.4, -0.2) is 40.6 Å². The van der Waals surface area contributed by atoms with Crippen LogP contribution < -0.4 is 5.32 Å². The first-order chi connectivity index (χ1) is 9.18. The molecule has 1 aliphatic heterocycles. The fraction of sp³-hybridized carbons (Fsp3) is 0.714. The SMILES string of the molecule is Cc1n[nH]c(C)c1CNCCN1CCCCCC1=O. The summed E-state index contributed by atoms with van der Waals surface area (Å²) in [5, 5.41) is 10.6. The van der Waals surface area contributed by atoms with E-state index in [0.717, 1.165) is 56.8 Å². The summed E-state index contributed by atoms with van der Waals surface area (Å²) < 4.78 is 0. The molecule has 0 bridgehead atoms. The van der Waals surface area contributed by atoms with E-state index < -0.39 is 0 Å². The van der Waals surface area contributed by atoms with Gasteiger partial charge in [0, 0.05) is 43.9 Å². The van der Waals surface area contributed by atoms with Crippen LogP contribution in [0.5, 0.6) is 0 Å². The molecule has 2 rings (SSSR count). The minimum absolute atomic E-state index is 0.315. The highest BCUT2D eigenvalue weighted by Gasteiger charge is 2.15. The van der Waals surface area contributed by atoms with Crippen LogP contribution in [-0.2, 0) is 11.3 Å². The molecule has 0 saturated carbocycles. The Hall–Kier alpha value is -1.36. The van der Waals surface area contributed by atoms with Crippen LogP contribution in [0.15, 0.2) is 0 Å². The van der Waals surface area contributed by atoms with Gasteiger partial charge in [-0.2, -0.15) is 5.10 Å². The number of likely N-dealkylation sites (tertiary alicyclic amines) is 1. The number of aromatic nitrogens is 2. The number of carbonyl (C=O) groups excluding carboxylic acids is 1. The van der Waals surface area contributed by atoms with Gasteiger partial charge in [0.05, 0.1) is 5.69 Å². The molecule has 1 fully saturated rings. The van der Waals surface area contributed by atoms with Crippen molar-refractivity contribution in [1.29, 1.82) is 0 Å². The third-order valence-corrected chi connectivity index (χ3v) is 3.81. The summed E-state index contributed by atoms with van der Waals surface area (Å²) >= 11 is 0. The van der Waals surface area contributed by atoms with Gasteiger partial charge in [0.15, 0.2) is 0 Å². The Kier molecular flexibility index (Phi) is 4.96. The number of aryl methyl sites for hydroxylation is 2. The van der Waals surface area contributed by atoms with Crippen LogP contribution in [0, 0.1) is 13.8 Å². The minimum Gasteiger partial charge on any atom is -0.341 e. The summed E-state index contributed by atoms with van der Waals surface area (Å²) in [6, 6.07) is 0. The van der Waals surface area contributed by atoms with Crippen molar-refractivity contribution in [3.63, 3.8) is 0 Å². The zero-order valence-electron chi connectivity index (χ0n) is 12.0. The van der Waals surface area contributed by atoms with E-state index in [4.69, 9.17) is 0 Å². The van der Waals surface area contributed by atoms with E-state index in [1.807, 2.05) is 18.7 Å². The van der Waals surface area contributed by atoms with Crippen molar-refractivity contribution in [2.24, 2.45) is 0 Å². The van der Waals surface area contributed by atoms with Gasteiger partial charge in [0.25, 0.3) is 0 Å². The summed E-state index contributed by atoms with van der Waals surface area (Å²) in [7, 11) is 0. The average molecular weight is 264 g/mol. The number of nitrogens with zero attached hydrogens (tertiary/aromatic N) is 2. The van der Waals surface area contributed by atoms with E-state index in [0.29, 0.717) is 5.91 Å². The van der Waals surface area contributed by atoms with Crippen molar-refractivity contribution >= 4 is 5.91 Å². The predicted octanol–water partition coefficient (Wildman–Crippen LogP) is 1.52. The molecule has 0 spiro atoms. The van der Waals surface area contributed by atoms with Crippen molar-refractivity contribution in [2.75, 3.05) is 19.6 Å². The number of rotatable bonds is 5. The molecule has 1 saturated heterocycles.